The fourth-order valence-corrected chi connectivity index (χ4v) is 2.39. The second-order valence-corrected chi connectivity index (χ2v) is 5.62. The van der Waals surface area contributed by atoms with Gasteiger partial charge in [0.1, 0.15) is 6.54 Å². The molecule has 1 heterocycles. The molecule has 0 spiro atoms. The smallest absolute Gasteiger partial charge is 0.271 e. The molecule has 138 valence electrons. The van der Waals surface area contributed by atoms with Gasteiger partial charge in [0.15, 0.2) is 5.69 Å². The van der Waals surface area contributed by atoms with Crippen LogP contribution < -0.4 is 5.43 Å². The maximum atomic E-state index is 12.6. The summed E-state index contributed by atoms with van der Waals surface area (Å²) in [6.07, 6.45) is -3.45. The normalized spacial score (nSPS) is 11.1. The van der Waals surface area contributed by atoms with E-state index in [4.69, 9.17) is 0 Å². The molecule has 1 N–H and O–H groups in total. The molecule has 1 aromatic heterocycles. The molecule has 0 radical (unpaired) electrons. The molecule has 2 aromatic carbocycles. The van der Waals surface area contributed by atoms with Crippen LogP contribution in [0.4, 0.5) is 13.2 Å². The fourth-order valence-electron chi connectivity index (χ4n) is 2.39. The standard InChI is InChI=1S/C19H15F3N4O/c20-19(21,22)16-11-12-26(25-16)13-17(27)23-24-18(14-7-3-1-4-8-14)15-9-5-2-6-10-15/h1-12H,13H2,(H,23,27). The van der Waals surface area contributed by atoms with Crippen molar-refractivity contribution < 1.29 is 18.0 Å². The van der Waals surface area contributed by atoms with Crippen molar-refractivity contribution in [1.29, 1.82) is 0 Å². The molecule has 0 unspecified atom stereocenters. The van der Waals surface area contributed by atoms with E-state index in [-0.39, 0.29) is 6.54 Å². The third-order valence-corrected chi connectivity index (χ3v) is 3.62. The van der Waals surface area contributed by atoms with Gasteiger partial charge in [-0.1, -0.05) is 60.7 Å². The van der Waals surface area contributed by atoms with Crippen molar-refractivity contribution in [1.82, 2.24) is 15.2 Å². The maximum Gasteiger partial charge on any atom is 0.435 e. The summed E-state index contributed by atoms with van der Waals surface area (Å²) in [6.45, 7) is -0.379. The molecule has 0 aliphatic heterocycles. The number of amides is 1. The third-order valence-electron chi connectivity index (χ3n) is 3.62. The van der Waals surface area contributed by atoms with E-state index in [9.17, 15) is 18.0 Å². The lowest BCUT2D eigenvalue weighted by Crippen LogP contribution is -2.25. The summed E-state index contributed by atoms with van der Waals surface area (Å²) in [5.41, 5.74) is 3.47. The first-order valence-corrected chi connectivity index (χ1v) is 8.01. The summed E-state index contributed by atoms with van der Waals surface area (Å²) < 4.78 is 38.6. The van der Waals surface area contributed by atoms with E-state index in [0.717, 1.165) is 28.1 Å². The fraction of sp³-hybridized carbons (Fsp3) is 0.105. The maximum absolute atomic E-state index is 12.6. The van der Waals surface area contributed by atoms with Gasteiger partial charge in [-0.25, -0.2) is 5.43 Å². The molecule has 0 saturated carbocycles. The average molecular weight is 372 g/mol. The number of carbonyl (C=O) groups is 1. The van der Waals surface area contributed by atoms with E-state index in [1.807, 2.05) is 60.7 Å². The second-order valence-electron chi connectivity index (χ2n) is 5.62. The van der Waals surface area contributed by atoms with Gasteiger partial charge in [-0.2, -0.15) is 23.4 Å². The SMILES string of the molecule is O=C(Cn1ccc(C(F)(F)F)n1)NN=C(c1ccccc1)c1ccccc1. The van der Waals surface area contributed by atoms with Crippen LogP contribution in [-0.2, 0) is 17.5 Å². The van der Waals surface area contributed by atoms with E-state index < -0.39 is 17.8 Å². The molecule has 0 fully saturated rings. The highest BCUT2D eigenvalue weighted by Crippen LogP contribution is 2.27. The number of aromatic nitrogens is 2. The summed E-state index contributed by atoms with van der Waals surface area (Å²) in [5.74, 6) is -0.587. The van der Waals surface area contributed by atoms with E-state index >= 15 is 0 Å². The minimum absolute atomic E-state index is 0.379. The number of hydrogen-bond acceptors (Lipinski definition) is 3. The molecule has 5 nitrogen and oxygen atoms in total. The Bertz CT molecular complexity index is 893. The summed E-state index contributed by atoms with van der Waals surface area (Å²) in [5, 5.41) is 7.52. The number of halogens is 3. The number of rotatable bonds is 5. The molecule has 0 bridgehead atoms. The van der Waals surface area contributed by atoms with Gasteiger partial charge in [0.05, 0.1) is 5.71 Å². The summed E-state index contributed by atoms with van der Waals surface area (Å²) in [4.78, 5) is 12.1. The highest BCUT2D eigenvalue weighted by atomic mass is 19.4. The molecule has 3 rings (SSSR count). The lowest BCUT2D eigenvalue weighted by Gasteiger charge is -2.08. The van der Waals surface area contributed by atoms with Gasteiger partial charge in [0, 0.05) is 17.3 Å². The van der Waals surface area contributed by atoms with Crippen molar-refractivity contribution in [3.05, 3.63) is 89.7 Å². The number of hydrogen-bond donors (Lipinski definition) is 1. The lowest BCUT2D eigenvalue weighted by atomic mass is 10.0. The van der Waals surface area contributed by atoms with E-state index in [0.29, 0.717) is 5.71 Å². The van der Waals surface area contributed by atoms with Gasteiger partial charge in [-0.05, 0) is 6.07 Å². The molecule has 0 atom stereocenters. The Morgan fingerprint density at radius 2 is 1.52 bits per heavy atom. The second kappa shape index (κ2) is 7.86. The Labute approximate surface area is 153 Å². The number of nitrogens with zero attached hydrogens (tertiary/aromatic N) is 3. The van der Waals surface area contributed by atoms with Gasteiger partial charge < -0.3 is 0 Å². The van der Waals surface area contributed by atoms with Crippen LogP contribution in [-0.4, -0.2) is 21.4 Å². The minimum Gasteiger partial charge on any atom is -0.271 e. The molecular weight excluding hydrogens is 357 g/mol. The van der Waals surface area contributed by atoms with Crippen LogP contribution >= 0.6 is 0 Å². The highest BCUT2D eigenvalue weighted by molar-refractivity contribution is 6.13. The van der Waals surface area contributed by atoms with E-state index in [2.05, 4.69) is 15.6 Å². The summed E-state index contributed by atoms with van der Waals surface area (Å²) in [7, 11) is 0. The van der Waals surface area contributed by atoms with Crippen molar-refractivity contribution in [3.8, 4) is 0 Å². The van der Waals surface area contributed by atoms with Crippen molar-refractivity contribution in [2.45, 2.75) is 12.7 Å². The van der Waals surface area contributed by atoms with Crippen molar-refractivity contribution in [3.63, 3.8) is 0 Å². The van der Waals surface area contributed by atoms with Crippen molar-refractivity contribution in [2.75, 3.05) is 0 Å². The van der Waals surface area contributed by atoms with Gasteiger partial charge in [0.25, 0.3) is 5.91 Å². The topological polar surface area (TPSA) is 59.3 Å². The first kappa shape index (κ1) is 18.4. The number of hydrazone groups is 1. The lowest BCUT2D eigenvalue weighted by molar-refractivity contribution is -0.141. The summed E-state index contributed by atoms with van der Waals surface area (Å²) >= 11 is 0. The minimum atomic E-state index is -4.55. The molecule has 27 heavy (non-hydrogen) atoms. The molecule has 0 saturated heterocycles. The first-order chi connectivity index (χ1) is 12.9. The van der Waals surface area contributed by atoms with Gasteiger partial charge in [0.2, 0.25) is 0 Å². The van der Waals surface area contributed by atoms with Crippen LogP contribution in [0.1, 0.15) is 16.8 Å². The highest BCUT2D eigenvalue weighted by Gasteiger charge is 2.33. The predicted molar refractivity (Wildman–Crippen MR) is 93.9 cm³/mol. The van der Waals surface area contributed by atoms with Crippen LogP contribution in [0.25, 0.3) is 0 Å². The van der Waals surface area contributed by atoms with E-state index in [1.165, 1.54) is 0 Å². The Hall–Kier alpha value is -3.42. The molecule has 8 heteroatoms. The third kappa shape index (κ3) is 4.81. The quantitative estimate of drug-likeness (QED) is 0.551. The van der Waals surface area contributed by atoms with Gasteiger partial charge in [-0.15, -0.1) is 0 Å². The van der Waals surface area contributed by atoms with E-state index in [1.54, 1.807) is 0 Å². The monoisotopic (exact) mass is 372 g/mol. The van der Waals surface area contributed by atoms with Crippen LogP contribution in [0.15, 0.2) is 78.0 Å². The molecular formula is C19H15F3N4O. The van der Waals surface area contributed by atoms with Crippen LogP contribution in [0.5, 0.6) is 0 Å². The Kier molecular flexibility index (Phi) is 5.35. The Balaban J connectivity index is 1.76. The summed E-state index contributed by atoms with van der Waals surface area (Å²) in [6, 6.07) is 19.3. The average Bonchev–Trinajstić information content (AvgIpc) is 3.12. The number of carbonyl (C=O) groups excluding carboxylic acids is 1. The predicted octanol–water partition coefficient (Wildman–Crippen LogP) is 3.47. The molecule has 3 aromatic rings. The van der Waals surface area contributed by atoms with Crippen LogP contribution in [0.3, 0.4) is 0 Å². The van der Waals surface area contributed by atoms with Gasteiger partial charge >= 0.3 is 6.18 Å². The molecule has 0 aliphatic carbocycles. The number of nitrogens with one attached hydrogen (secondary N) is 1. The number of alkyl halides is 3. The first-order valence-electron chi connectivity index (χ1n) is 8.01. The van der Waals surface area contributed by atoms with Crippen LogP contribution in [0, 0.1) is 0 Å². The molecule has 0 aliphatic rings. The largest absolute Gasteiger partial charge is 0.435 e. The van der Waals surface area contributed by atoms with Crippen LogP contribution in [0.2, 0.25) is 0 Å². The Morgan fingerprint density at radius 1 is 0.963 bits per heavy atom. The zero-order valence-electron chi connectivity index (χ0n) is 14.0. The van der Waals surface area contributed by atoms with Gasteiger partial charge in [-0.3, -0.25) is 9.48 Å². The molecule has 1 amide bonds. The number of benzene rings is 2. The van der Waals surface area contributed by atoms with Crippen molar-refractivity contribution in [2.24, 2.45) is 5.10 Å². The Morgan fingerprint density at radius 3 is 2.00 bits per heavy atom. The zero-order chi connectivity index (χ0) is 19.3. The zero-order valence-corrected chi connectivity index (χ0v) is 14.0. The van der Waals surface area contributed by atoms with Crippen molar-refractivity contribution >= 4 is 11.6 Å².